The zero-order valence-corrected chi connectivity index (χ0v) is 11.8. The number of aromatic nitrogens is 2. The second-order valence-electron chi connectivity index (χ2n) is 4.44. The van der Waals surface area contributed by atoms with Crippen molar-refractivity contribution in [3.05, 3.63) is 46.7 Å². The lowest BCUT2D eigenvalue weighted by Gasteiger charge is -2.10. The molecule has 0 aliphatic rings. The van der Waals surface area contributed by atoms with Gasteiger partial charge in [0.05, 0.1) is 18.3 Å². The average Bonchev–Trinajstić information content (AvgIpc) is 2.80. The van der Waals surface area contributed by atoms with Gasteiger partial charge in [-0.25, -0.2) is 0 Å². The molecule has 0 atom stereocenters. The summed E-state index contributed by atoms with van der Waals surface area (Å²) in [5, 5.41) is 4.50. The minimum Gasteiger partial charge on any atom is -0.497 e. The van der Waals surface area contributed by atoms with Gasteiger partial charge in [-0.3, -0.25) is 9.48 Å². The van der Waals surface area contributed by atoms with Crippen molar-refractivity contribution in [3.63, 3.8) is 0 Å². The summed E-state index contributed by atoms with van der Waals surface area (Å²) in [7, 11) is 1.58. The summed E-state index contributed by atoms with van der Waals surface area (Å²) >= 11 is 6.06. The third-order valence-corrected chi connectivity index (χ3v) is 3.08. The third-order valence-electron chi connectivity index (χ3n) is 2.81. The standard InChI is InChI=1S/C14H15ClN2O2/c1-9(2)17-13(12(15)8-16-17)14(18)10-4-6-11(19-3)7-5-10/h4-9H,1-3H3. The first-order valence-corrected chi connectivity index (χ1v) is 6.34. The second kappa shape index (κ2) is 5.45. The van der Waals surface area contributed by atoms with Crippen molar-refractivity contribution in [2.24, 2.45) is 0 Å². The molecule has 4 nitrogen and oxygen atoms in total. The van der Waals surface area contributed by atoms with Crippen LogP contribution < -0.4 is 4.74 Å². The van der Waals surface area contributed by atoms with E-state index in [-0.39, 0.29) is 11.8 Å². The summed E-state index contributed by atoms with van der Waals surface area (Å²) in [6, 6.07) is 7.00. The van der Waals surface area contributed by atoms with Crippen LogP contribution in [0.25, 0.3) is 0 Å². The molecule has 1 aromatic carbocycles. The Balaban J connectivity index is 2.40. The Bertz CT molecular complexity index is 588. The van der Waals surface area contributed by atoms with Gasteiger partial charge in [0, 0.05) is 11.6 Å². The van der Waals surface area contributed by atoms with Crippen molar-refractivity contribution in [3.8, 4) is 5.75 Å². The maximum Gasteiger partial charge on any atom is 0.212 e. The summed E-state index contributed by atoms with van der Waals surface area (Å²) in [4.78, 5) is 12.5. The molecular weight excluding hydrogens is 264 g/mol. The van der Waals surface area contributed by atoms with Crippen LogP contribution in [0.2, 0.25) is 5.02 Å². The zero-order chi connectivity index (χ0) is 14.0. The van der Waals surface area contributed by atoms with Gasteiger partial charge in [-0.1, -0.05) is 11.6 Å². The molecule has 0 unspecified atom stereocenters. The molecule has 0 spiro atoms. The van der Waals surface area contributed by atoms with Gasteiger partial charge in [-0.05, 0) is 38.1 Å². The molecule has 0 N–H and O–H groups in total. The number of carbonyl (C=O) groups is 1. The van der Waals surface area contributed by atoms with Crippen LogP contribution >= 0.6 is 11.6 Å². The second-order valence-corrected chi connectivity index (χ2v) is 4.84. The highest BCUT2D eigenvalue weighted by atomic mass is 35.5. The van der Waals surface area contributed by atoms with Crippen molar-refractivity contribution >= 4 is 17.4 Å². The fraction of sp³-hybridized carbons (Fsp3) is 0.286. The smallest absolute Gasteiger partial charge is 0.212 e. The van der Waals surface area contributed by atoms with E-state index >= 15 is 0 Å². The number of ether oxygens (including phenoxy) is 1. The molecule has 100 valence electrons. The van der Waals surface area contributed by atoms with Gasteiger partial charge < -0.3 is 4.74 Å². The first kappa shape index (κ1) is 13.6. The quantitative estimate of drug-likeness (QED) is 0.806. The lowest BCUT2D eigenvalue weighted by molar-refractivity contribution is 0.102. The molecule has 0 aliphatic carbocycles. The molecule has 2 rings (SSSR count). The van der Waals surface area contributed by atoms with E-state index in [0.717, 1.165) is 0 Å². The average molecular weight is 279 g/mol. The van der Waals surface area contributed by atoms with Crippen LogP contribution in [0.1, 0.15) is 35.9 Å². The Morgan fingerprint density at radius 1 is 1.32 bits per heavy atom. The lowest BCUT2D eigenvalue weighted by atomic mass is 10.1. The van der Waals surface area contributed by atoms with E-state index < -0.39 is 0 Å². The SMILES string of the molecule is COc1ccc(C(=O)c2c(Cl)cnn2C(C)C)cc1. The summed E-state index contributed by atoms with van der Waals surface area (Å²) in [5.74, 6) is 0.568. The van der Waals surface area contributed by atoms with Crippen LogP contribution in [-0.4, -0.2) is 22.7 Å². The van der Waals surface area contributed by atoms with E-state index in [4.69, 9.17) is 16.3 Å². The molecule has 0 fully saturated rings. The maximum atomic E-state index is 12.5. The molecule has 0 amide bonds. The number of carbonyl (C=O) groups excluding carboxylic acids is 1. The molecule has 1 heterocycles. The van der Waals surface area contributed by atoms with Crippen molar-refractivity contribution < 1.29 is 9.53 Å². The number of benzene rings is 1. The Morgan fingerprint density at radius 3 is 2.47 bits per heavy atom. The molecule has 1 aromatic heterocycles. The number of halogens is 1. The van der Waals surface area contributed by atoms with E-state index in [0.29, 0.717) is 22.0 Å². The van der Waals surface area contributed by atoms with Gasteiger partial charge in [0.25, 0.3) is 0 Å². The summed E-state index contributed by atoms with van der Waals surface area (Å²) in [5.41, 5.74) is 0.979. The minimum atomic E-state index is -0.140. The fourth-order valence-electron chi connectivity index (χ4n) is 1.82. The molecule has 5 heteroatoms. The predicted molar refractivity (Wildman–Crippen MR) is 74.0 cm³/mol. The van der Waals surface area contributed by atoms with Crippen LogP contribution in [0.4, 0.5) is 0 Å². The number of hydrogen-bond donors (Lipinski definition) is 0. The van der Waals surface area contributed by atoms with Crippen LogP contribution in [0, 0.1) is 0 Å². The van der Waals surface area contributed by atoms with Crippen LogP contribution in [-0.2, 0) is 0 Å². The predicted octanol–water partition coefficient (Wildman–Crippen LogP) is 3.36. The number of nitrogens with zero attached hydrogens (tertiary/aromatic N) is 2. The lowest BCUT2D eigenvalue weighted by Crippen LogP contribution is -2.13. The Kier molecular flexibility index (Phi) is 3.90. The monoisotopic (exact) mass is 278 g/mol. The molecule has 0 saturated heterocycles. The number of methoxy groups -OCH3 is 1. The first-order valence-electron chi connectivity index (χ1n) is 5.96. The van der Waals surface area contributed by atoms with E-state index in [9.17, 15) is 4.79 Å². The Hall–Kier alpha value is -1.81. The van der Waals surface area contributed by atoms with Gasteiger partial charge in [0.15, 0.2) is 0 Å². The summed E-state index contributed by atoms with van der Waals surface area (Å²) in [6.07, 6.45) is 1.50. The van der Waals surface area contributed by atoms with Crippen LogP contribution in [0.5, 0.6) is 5.75 Å². The van der Waals surface area contributed by atoms with Gasteiger partial charge in [0.1, 0.15) is 11.4 Å². The number of ketones is 1. The first-order chi connectivity index (χ1) is 9.04. The summed E-state index contributed by atoms with van der Waals surface area (Å²) in [6.45, 7) is 3.91. The highest BCUT2D eigenvalue weighted by Crippen LogP contribution is 2.23. The normalized spacial score (nSPS) is 10.8. The van der Waals surface area contributed by atoms with E-state index in [2.05, 4.69) is 5.10 Å². The zero-order valence-electron chi connectivity index (χ0n) is 11.1. The maximum absolute atomic E-state index is 12.5. The number of hydrogen-bond acceptors (Lipinski definition) is 3. The molecule has 0 radical (unpaired) electrons. The van der Waals surface area contributed by atoms with E-state index in [1.807, 2.05) is 13.8 Å². The third kappa shape index (κ3) is 2.63. The topological polar surface area (TPSA) is 44.1 Å². The number of rotatable bonds is 4. The molecule has 0 bridgehead atoms. The van der Waals surface area contributed by atoms with Crippen molar-refractivity contribution in [1.82, 2.24) is 9.78 Å². The van der Waals surface area contributed by atoms with Crippen LogP contribution in [0.3, 0.4) is 0 Å². The Morgan fingerprint density at radius 2 is 1.95 bits per heavy atom. The van der Waals surface area contributed by atoms with E-state index in [1.165, 1.54) is 6.20 Å². The highest BCUT2D eigenvalue weighted by Gasteiger charge is 2.20. The minimum absolute atomic E-state index is 0.0738. The van der Waals surface area contributed by atoms with Crippen molar-refractivity contribution in [2.75, 3.05) is 7.11 Å². The fourth-order valence-corrected chi connectivity index (χ4v) is 2.04. The molecule has 2 aromatic rings. The molecular formula is C14H15ClN2O2. The molecule has 0 saturated carbocycles. The van der Waals surface area contributed by atoms with E-state index in [1.54, 1.807) is 36.1 Å². The van der Waals surface area contributed by atoms with Gasteiger partial charge in [0.2, 0.25) is 5.78 Å². The Labute approximate surface area is 116 Å². The van der Waals surface area contributed by atoms with Gasteiger partial charge >= 0.3 is 0 Å². The highest BCUT2D eigenvalue weighted by molar-refractivity contribution is 6.34. The van der Waals surface area contributed by atoms with Crippen molar-refractivity contribution in [2.45, 2.75) is 19.9 Å². The largest absolute Gasteiger partial charge is 0.497 e. The molecule has 19 heavy (non-hydrogen) atoms. The van der Waals surface area contributed by atoms with Crippen molar-refractivity contribution in [1.29, 1.82) is 0 Å². The van der Waals surface area contributed by atoms with Gasteiger partial charge in [-0.2, -0.15) is 5.10 Å². The van der Waals surface area contributed by atoms with Crippen LogP contribution in [0.15, 0.2) is 30.5 Å². The summed E-state index contributed by atoms with van der Waals surface area (Å²) < 4.78 is 6.70. The molecule has 0 aliphatic heterocycles. The van der Waals surface area contributed by atoms with Gasteiger partial charge in [-0.15, -0.1) is 0 Å².